The number of rotatable bonds is 31. The number of carbonyl (C=O) groups excluding carboxylic acids is 2. The number of esters is 2. The van der Waals surface area contributed by atoms with Crippen molar-refractivity contribution in [3.05, 3.63) is 60.8 Å². The Kier molecular flexibility index (Phi) is 33.2. The molecule has 0 aliphatic carbocycles. The Morgan fingerprint density at radius 1 is 0.545 bits per heavy atom. The Morgan fingerprint density at radius 3 is 1.48 bits per heavy atom. The number of aliphatic hydroxyl groups excluding tert-OH is 1. The molecule has 1 atom stereocenters. The van der Waals surface area contributed by atoms with Crippen LogP contribution in [0.3, 0.4) is 0 Å². The van der Waals surface area contributed by atoms with E-state index in [2.05, 4.69) is 74.6 Å². The quantitative estimate of drug-likeness (QED) is 0.0478. The molecule has 5 heteroatoms. The lowest BCUT2D eigenvalue weighted by atomic mass is 10.1. The minimum atomic E-state index is -0.783. The average molecular weight is 615 g/mol. The van der Waals surface area contributed by atoms with Crippen LogP contribution in [0, 0.1) is 0 Å². The van der Waals surface area contributed by atoms with Crippen molar-refractivity contribution >= 4 is 11.9 Å². The van der Waals surface area contributed by atoms with Crippen LogP contribution in [0.1, 0.15) is 155 Å². The topological polar surface area (TPSA) is 72.8 Å². The molecule has 0 aromatic rings. The van der Waals surface area contributed by atoms with Crippen molar-refractivity contribution < 1.29 is 24.2 Å². The Morgan fingerprint density at radius 2 is 0.977 bits per heavy atom. The van der Waals surface area contributed by atoms with Gasteiger partial charge < -0.3 is 14.6 Å². The van der Waals surface area contributed by atoms with Gasteiger partial charge in [0.25, 0.3) is 0 Å². The number of ether oxygens (including phenoxy) is 2. The molecule has 0 aromatic heterocycles. The Hall–Kier alpha value is -2.40. The lowest BCUT2D eigenvalue weighted by Gasteiger charge is -2.15. The van der Waals surface area contributed by atoms with Crippen molar-refractivity contribution in [1.82, 2.24) is 0 Å². The van der Waals surface area contributed by atoms with Crippen molar-refractivity contribution in [2.75, 3.05) is 13.2 Å². The van der Waals surface area contributed by atoms with E-state index in [1.54, 1.807) is 0 Å². The van der Waals surface area contributed by atoms with E-state index in [0.717, 1.165) is 77.0 Å². The van der Waals surface area contributed by atoms with Crippen LogP contribution in [-0.2, 0) is 19.1 Å². The summed E-state index contributed by atoms with van der Waals surface area (Å²) < 4.78 is 10.5. The molecule has 0 saturated heterocycles. The maximum Gasteiger partial charge on any atom is 0.306 e. The van der Waals surface area contributed by atoms with Gasteiger partial charge in [-0.15, -0.1) is 0 Å². The summed E-state index contributed by atoms with van der Waals surface area (Å²) in [5.41, 5.74) is 0. The van der Waals surface area contributed by atoms with E-state index in [0.29, 0.717) is 12.8 Å². The lowest BCUT2D eigenvalue weighted by molar-refractivity contribution is -0.161. The second-order valence-electron chi connectivity index (χ2n) is 11.6. The van der Waals surface area contributed by atoms with Crippen LogP contribution >= 0.6 is 0 Å². The summed E-state index contributed by atoms with van der Waals surface area (Å²) in [6, 6.07) is 0. The molecule has 0 aliphatic heterocycles. The molecule has 0 fully saturated rings. The zero-order chi connectivity index (χ0) is 32.2. The fraction of sp³-hybridized carbons (Fsp3) is 0.692. The van der Waals surface area contributed by atoms with Gasteiger partial charge in [0, 0.05) is 12.8 Å². The SMILES string of the molecule is CCC=CCC=CCC=CCC=CCC=CCCCCCC(=O)OC[C@H](CO)OC(=O)CCCCCCCCCCCCC. The maximum atomic E-state index is 12.1. The third kappa shape index (κ3) is 32.5. The number of carbonyl (C=O) groups is 2. The van der Waals surface area contributed by atoms with Crippen LogP contribution in [0.4, 0.5) is 0 Å². The van der Waals surface area contributed by atoms with Crippen molar-refractivity contribution in [2.45, 2.75) is 161 Å². The van der Waals surface area contributed by atoms with E-state index in [1.807, 2.05) is 0 Å². The normalized spacial score (nSPS) is 12.9. The number of allylic oxidation sites excluding steroid dienone is 10. The van der Waals surface area contributed by atoms with E-state index in [-0.39, 0.29) is 25.2 Å². The van der Waals surface area contributed by atoms with Gasteiger partial charge in [-0.3, -0.25) is 9.59 Å². The first-order valence-electron chi connectivity index (χ1n) is 17.8. The summed E-state index contributed by atoms with van der Waals surface area (Å²) in [6.07, 6.45) is 44.2. The van der Waals surface area contributed by atoms with E-state index in [9.17, 15) is 14.7 Å². The summed E-state index contributed by atoms with van der Waals surface area (Å²) in [7, 11) is 0. The molecule has 0 rings (SSSR count). The highest BCUT2D eigenvalue weighted by molar-refractivity contribution is 5.70. The predicted molar refractivity (Wildman–Crippen MR) is 187 cm³/mol. The van der Waals surface area contributed by atoms with Gasteiger partial charge in [0.2, 0.25) is 0 Å². The molecular formula is C39H66O5. The number of aliphatic hydroxyl groups is 1. The Balaban J connectivity index is 3.67. The second-order valence-corrected chi connectivity index (χ2v) is 11.6. The molecule has 0 bridgehead atoms. The van der Waals surface area contributed by atoms with Crippen LogP contribution < -0.4 is 0 Å². The Labute approximate surface area is 271 Å². The van der Waals surface area contributed by atoms with Gasteiger partial charge >= 0.3 is 11.9 Å². The minimum Gasteiger partial charge on any atom is -0.462 e. The largest absolute Gasteiger partial charge is 0.462 e. The molecule has 0 unspecified atom stereocenters. The van der Waals surface area contributed by atoms with E-state index >= 15 is 0 Å². The number of hydrogen-bond acceptors (Lipinski definition) is 5. The maximum absolute atomic E-state index is 12.1. The van der Waals surface area contributed by atoms with Crippen molar-refractivity contribution in [3.8, 4) is 0 Å². The minimum absolute atomic E-state index is 0.0840. The van der Waals surface area contributed by atoms with E-state index in [1.165, 1.54) is 51.4 Å². The van der Waals surface area contributed by atoms with Gasteiger partial charge in [0.15, 0.2) is 6.10 Å². The van der Waals surface area contributed by atoms with Gasteiger partial charge in [-0.05, 0) is 57.8 Å². The molecule has 1 N–H and O–H groups in total. The van der Waals surface area contributed by atoms with Gasteiger partial charge in [-0.1, -0.05) is 145 Å². The molecule has 0 aliphatic rings. The van der Waals surface area contributed by atoms with Crippen LogP contribution in [0.25, 0.3) is 0 Å². The van der Waals surface area contributed by atoms with Crippen LogP contribution in [-0.4, -0.2) is 36.4 Å². The third-order valence-electron chi connectivity index (χ3n) is 7.33. The standard InChI is InChI=1S/C39H66O5/c1-3-5-7-9-11-13-15-16-17-18-19-20-21-22-24-25-27-29-31-33-38(41)43-36-37(35-40)44-39(42)34-32-30-28-26-23-14-12-10-8-6-4-2/h5,7,11,13,16-17,19-20,22,24,37,40H,3-4,6,8-10,12,14-15,18,21,23,25-36H2,1-2H3/t37-/m0/s1. The summed E-state index contributed by atoms with van der Waals surface area (Å²) in [4.78, 5) is 24.1. The Bertz CT molecular complexity index is 792. The fourth-order valence-electron chi connectivity index (χ4n) is 4.64. The van der Waals surface area contributed by atoms with Crippen molar-refractivity contribution in [3.63, 3.8) is 0 Å². The van der Waals surface area contributed by atoms with E-state index in [4.69, 9.17) is 9.47 Å². The first-order valence-corrected chi connectivity index (χ1v) is 17.8. The summed E-state index contributed by atoms with van der Waals surface area (Å²) in [5.74, 6) is -0.634. The predicted octanol–water partition coefficient (Wildman–Crippen LogP) is 10.8. The monoisotopic (exact) mass is 614 g/mol. The van der Waals surface area contributed by atoms with Gasteiger partial charge in [0.05, 0.1) is 6.61 Å². The van der Waals surface area contributed by atoms with Gasteiger partial charge in [-0.2, -0.15) is 0 Å². The zero-order valence-corrected chi connectivity index (χ0v) is 28.4. The van der Waals surface area contributed by atoms with Crippen LogP contribution in [0.15, 0.2) is 60.8 Å². The molecule has 0 saturated carbocycles. The third-order valence-corrected chi connectivity index (χ3v) is 7.33. The molecule has 0 spiro atoms. The molecule has 0 amide bonds. The second kappa shape index (κ2) is 35.1. The smallest absolute Gasteiger partial charge is 0.306 e. The average Bonchev–Trinajstić information content (AvgIpc) is 3.02. The summed E-state index contributed by atoms with van der Waals surface area (Å²) in [6.45, 7) is 3.97. The fourth-order valence-corrected chi connectivity index (χ4v) is 4.64. The lowest BCUT2D eigenvalue weighted by Crippen LogP contribution is -2.28. The first kappa shape index (κ1) is 41.6. The van der Waals surface area contributed by atoms with Crippen LogP contribution in [0.5, 0.6) is 0 Å². The molecule has 0 radical (unpaired) electrons. The van der Waals surface area contributed by atoms with Gasteiger partial charge in [-0.25, -0.2) is 0 Å². The van der Waals surface area contributed by atoms with Crippen molar-refractivity contribution in [2.24, 2.45) is 0 Å². The highest BCUT2D eigenvalue weighted by atomic mass is 16.6. The molecule has 44 heavy (non-hydrogen) atoms. The summed E-state index contributed by atoms with van der Waals surface area (Å²) in [5, 5.41) is 9.51. The van der Waals surface area contributed by atoms with E-state index < -0.39 is 6.10 Å². The molecule has 5 nitrogen and oxygen atoms in total. The van der Waals surface area contributed by atoms with Gasteiger partial charge in [0.1, 0.15) is 6.61 Å². The number of hydrogen-bond donors (Lipinski definition) is 1. The molecule has 0 aromatic carbocycles. The summed E-state index contributed by atoms with van der Waals surface area (Å²) >= 11 is 0. The highest BCUT2D eigenvalue weighted by Gasteiger charge is 2.16. The highest BCUT2D eigenvalue weighted by Crippen LogP contribution is 2.13. The van der Waals surface area contributed by atoms with Crippen LogP contribution in [0.2, 0.25) is 0 Å². The molecule has 0 heterocycles. The first-order chi connectivity index (χ1) is 21.6. The molecular weight excluding hydrogens is 548 g/mol. The zero-order valence-electron chi connectivity index (χ0n) is 28.4. The number of unbranched alkanes of at least 4 members (excludes halogenated alkanes) is 13. The molecule has 252 valence electrons. The van der Waals surface area contributed by atoms with Crippen molar-refractivity contribution in [1.29, 1.82) is 0 Å².